The molecule has 1 spiro atoms. The number of aliphatic hydroxyl groups is 1. The van der Waals surface area contributed by atoms with E-state index in [-0.39, 0.29) is 35.6 Å². The monoisotopic (exact) mass is 553 g/mol. The molecular weight excluding hydrogens is 510 g/mol. The van der Waals surface area contributed by atoms with Crippen molar-refractivity contribution in [2.24, 2.45) is 11.8 Å². The highest BCUT2D eigenvalue weighted by molar-refractivity contribution is 8.02. The molecule has 3 saturated heterocycles. The summed E-state index contributed by atoms with van der Waals surface area (Å²) in [4.78, 5) is 48.3. The van der Waals surface area contributed by atoms with Gasteiger partial charge in [0.1, 0.15) is 6.04 Å². The lowest BCUT2D eigenvalue weighted by Gasteiger charge is -2.39. The molecule has 212 valence electrons. The van der Waals surface area contributed by atoms with Crippen molar-refractivity contribution in [3.8, 4) is 0 Å². The molecule has 1 aromatic carbocycles. The van der Waals surface area contributed by atoms with Crippen molar-refractivity contribution in [2.45, 2.75) is 74.5 Å². The number of unbranched alkanes of at least 4 members (excludes halogenated alkanes) is 1. The Balaban J connectivity index is 1.73. The number of likely N-dealkylation sites (tertiary alicyclic amines) is 1. The summed E-state index contributed by atoms with van der Waals surface area (Å²) in [6, 6.07) is 8.93. The van der Waals surface area contributed by atoms with Crippen molar-refractivity contribution in [3.63, 3.8) is 0 Å². The van der Waals surface area contributed by atoms with Crippen LogP contribution in [0.4, 0.5) is 5.69 Å². The van der Waals surface area contributed by atoms with Crippen molar-refractivity contribution in [2.75, 3.05) is 31.1 Å². The number of amides is 3. The molecule has 3 aliphatic rings. The molecule has 39 heavy (non-hydrogen) atoms. The van der Waals surface area contributed by atoms with Crippen LogP contribution in [0.1, 0.15) is 52.4 Å². The Bertz CT molecular complexity index is 1070. The number of aliphatic hydroxyl groups excluding tert-OH is 1. The van der Waals surface area contributed by atoms with Crippen molar-refractivity contribution >= 4 is 35.2 Å². The van der Waals surface area contributed by atoms with Gasteiger partial charge in [0, 0.05) is 43.2 Å². The highest BCUT2D eigenvalue weighted by atomic mass is 32.2. The van der Waals surface area contributed by atoms with Gasteiger partial charge in [0.05, 0.1) is 16.6 Å². The zero-order valence-electron chi connectivity index (χ0n) is 23.3. The Kier molecular flexibility index (Phi) is 9.60. The maximum Gasteiger partial charge on any atom is 0.247 e. The zero-order chi connectivity index (χ0) is 28.2. The Morgan fingerprint density at radius 1 is 1.18 bits per heavy atom. The Labute approximate surface area is 237 Å². The van der Waals surface area contributed by atoms with Crippen LogP contribution in [-0.2, 0) is 14.4 Å². The number of fused-ring (bicyclic) bond motifs is 1. The second-order valence-electron chi connectivity index (χ2n) is 11.0. The van der Waals surface area contributed by atoms with E-state index in [1.807, 2.05) is 35.2 Å². The van der Waals surface area contributed by atoms with Gasteiger partial charge in [-0.1, -0.05) is 43.7 Å². The van der Waals surface area contributed by atoms with Crippen LogP contribution in [0.15, 0.2) is 55.6 Å². The van der Waals surface area contributed by atoms with E-state index >= 15 is 0 Å². The molecule has 1 N–H and O–H groups in total. The average Bonchev–Trinajstić information content (AvgIpc) is 3.58. The Hall–Kier alpha value is -2.58. The summed E-state index contributed by atoms with van der Waals surface area (Å²) in [7, 11) is 0. The maximum absolute atomic E-state index is 14.4. The fraction of sp³-hybridized carbons (Fsp3) is 0.581. The Morgan fingerprint density at radius 2 is 1.90 bits per heavy atom. The quantitative estimate of drug-likeness (QED) is 0.275. The lowest BCUT2D eigenvalue weighted by atomic mass is 9.70. The van der Waals surface area contributed by atoms with Gasteiger partial charge in [0.25, 0.3) is 0 Å². The van der Waals surface area contributed by atoms with E-state index in [9.17, 15) is 19.5 Å². The van der Waals surface area contributed by atoms with Crippen molar-refractivity contribution < 1.29 is 19.5 Å². The molecule has 2 bridgehead atoms. The third-order valence-electron chi connectivity index (χ3n) is 8.62. The molecule has 3 amide bonds. The van der Waals surface area contributed by atoms with Crippen LogP contribution in [0, 0.1) is 11.8 Å². The first-order valence-corrected chi connectivity index (χ1v) is 15.2. The summed E-state index contributed by atoms with van der Waals surface area (Å²) in [5.74, 6) is -1.23. The summed E-state index contributed by atoms with van der Waals surface area (Å²) >= 11 is 1.70. The van der Waals surface area contributed by atoms with Crippen LogP contribution in [0.3, 0.4) is 0 Å². The van der Waals surface area contributed by atoms with E-state index in [0.29, 0.717) is 32.5 Å². The van der Waals surface area contributed by atoms with Gasteiger partial charge in [0.15, 0.2) is 0 Å². The topological polar surface area (TPSA) is 81.2 Å². The highest BCUT2D eigenvalue weighted by Crippen LogP contribution is 2.66. The van der Waals surface area contributed by atoms with Crippen LogP contribution in [-0.4, -0.2) is 80.9 Å². The standard InChI is InChI=1S/C31H43N3O4S/c1-5-13-22(4)32(18-6-2)30(38)27-31-17-16-24(39-31)25(26(31)29(37)34(27)20-11-12-21-35)28(36)33(19-7-3)23-14-9-8-10-15-23/h6-10,14-15,22,24-27,35H,2-3,5,11-13,16-21H2,1,4H3/t22?,24-,25+,26-,27?,31?/m0/s1. The summed E-state index contributed by atoms with van der Waals surface area (Å²) < 4.78 is -0.625. The molecule has 0 aromatic heterocycles. The molecule has 4 rings (SSSR count). The lowest BCUT2D eigenvalue weighted by molar-refractivity contribution is -0.143. The minimum Gasteiger partial charge on any atom is -0.396 e. The van der Waals surface area contributed by atoms with Gasteiger partial charge in [-0.15, -0.1) is 24.9 Å². The van der Waals surface area contributed by atoms with Crippen molar-refractivity contribution in [1.82, 2.24) is 9.80 Å². The van der Waals surface area contributed by atoms with Crippen LogP contribution >= 0.6 is 11.8 Å². The lowest BCUT2D eigenvalue weighted by Crippen LogP contribution is -2.56. The molecule has 3 heterocycles. The molecule has 0 radical (unpaired) electrons. The largest absolute Gasteiger partial charge is 0.396 e. The average molecular weight is 554 g/mol. The Morgan fingerprint density at radius 3 is 2.54 bits per heavy atom. The van der Waals surface area contributed by atoms with Gasteiger partial charge in [-0.3, -0.25) is 14.4 Å². The molecule has 1 aromatic rings. The predicted octanol–water partition coefficient (Wildman–Crippen LogP) is 4.27. The van der Waals surface area contributed by atoms with Crippen LogP contribution in [0.5, 0.6) is 0 Å². The summed E-state index contributed by atoms with van der Waals surface area (Å²) in [5, 5.41) is 9.42. The molecule has 6 atom stereocenters. The predicted molar refractivity (Wildman–Crippen MR) is 157 cm³/mol. The third kappa shape index (κ3) is 5.30. The number of nitrogens with zero attached hydrogens (tertiary/aromatic N) is 3. The number of carbonyl (C=O) groups excluding carboxylic acids is 3. The number of hydrogen-bond donors (Lipinski definition) is 1. The first-order chi connectivity index (χ1) is 18.9. The van der Waals surface area contributed by atoms with Gasteiger partial charge >= 0.3 is 0 Å². The van der Waals surface area contributed by atoms with Crippen molar-refractivity contribution in [3.05, 3.63) is 55.6 Å². The smallest absolute Gasteiger partial charge is 0.247 e. The molecule has 8 heteroatoms. The minimum absolute atomic E-state index is 0.00158. The highest BCUT2D eigenvalue weighted by Gasteiger charge is 2.74. The van der Waals surface area contributed by atoms with Gasteiger partial charge in [-0.25, -0.2) is 0 Å². The SMILES string of the molecule is C=CCN(C(=O)[C@@H]1[C@@H]2CCC3(S2)C(C(=O)N(CC=C)C(C)CCC)N(CCCCO)C(=O)[C@H]13)c1ccccc1. The fourth-order valence-electron chi connectivity index (χ4n) is 6.94. The second kappa shape index (κ2) is 12.7. The fourth-order valence-corrected chi connectivity index (χ4v) is 9.15. The number of para-hydroxylation sites is 1. The molecule has 3 aliphatic heterocycles. The first kappa shape index (κ1) is 29.4. The summed E-state index contributed by atoms with van der Waals surface area (Å²) in [5.41, 5.74) is 0.785. The first-order valence-electron chi connectivity index (χ1n) is 14.3. The summed E-state index contributed by atoms with van der Waals surface area (Å²) in [6.45, 7) is 13.1. The minimum atomic E-state index is -0.625. The number of benzene rings is 1. The number of anilines is 1. The van der Waals surface area contributed by atoms with Crippen LogP contribution in [0.25, 0.3) is 0 Å². The molecule has 3 fully saturated rings. The molecular formula is C31H43N3O4S. The van der Waals surface area contributed by atoms with Crippen LogP contribution in [0.2, 0.25) is 0 Å². The molecule has 7 nitrogen and oxygen atoms in total. The third-order valence-corrected chi connectivity index (χ3v) is 10.6. The zero-order valence-corrected chi connectivity index (χ0v) is 24.2. The van der Waals surface area contributed by atoms with E-state index in [0.717, 1.165) is 31.4 Å². The maximum atomic E-state index is 14.4. The van der Waals surface area contributed by atoms with E-state index in [1.54, 1.807) is 33.7 Å². The number of rotatable bonds is 14. The molecule has 0 aliphatic carbocycles. The van der Waals surface area contributed by atoms with E-state index in [1.165, 1.54) is 0 Å². The summed E-state index contributed by atoms with van der Waals surface area (Å²) in [6.07, 6.45) is 8.01. The van der Waals surface area contributed by atoms with E-state index < -0.39 is 22.6 Å². The van der Waals surface area contributed by atoms with Crippen LogP contribution < -0.4 is 4.90 Å². The van der Waals surface area contributed by atoms with Gasteiger partial charge < -0.3 is 19.8 Å². The number of carbonyl (C=O) groups is 3. The van der Waals surface area contributed by atoms with E-state index in [4.69, 9.17) is 0 Å². The van der Waals surface area contributed by atoms with Crippen molar-refractivity contribution in [1.29, 1.82) is 0 Å². The van der Waals surface area contributed by atoms with E-state index in [2.05, 4.69) is 27.0 Å². The molecule has 0 saturated carbocycles. The van der Waals surface area contributed by atoms with Gasteiger partial charge in [0.2, 0.25) is 17.7 Å². The number of hydrogen-bond acceptors (Lipinski definition) is 5. The second-order valence-corrected chi connectivity index (χ2v) is 12.6. The molecule has 3 unspecified atom stereocenters. The normalized spacial score (nSPS) is 27.8. The number of thioether (sulfide) groups is 1. The van der Waals surface area contributed by atoms with Gasteiger partial charge in [-0.2, -0.15) is 0 Å². The van der Waals surface area contributed by atoms with Gasteiger partial charge in [-0.05, 0) is 51.2 Å².